The second-order valence-electron chi connectivity index (χ2n) is 7.35. The zero-order chi connectivity index (χ0) is 21.6. The maximum Gasteiger partial charge on any atom is 0.311 e. The van der Waals surface area contributed by atoms with Gasteiger partial charge in [0.15, 0.2) is 6.61 Å². The van der Waals surface area contributed by atoms with Crippen molar-refractivity contribution in [1.82, 2.24) is 4.90 Å². The zero-order valence-electron chi connectivity index (χ0n) is 16.8. The number of esters is 1. The summed E-state index contributed by atoms with van der Waals surface area (Å²) in [5.74, 6) is -1.05. The van der Waals surface area contributed by atoms with Gasteiger partial charge in [0.1, 0.15) is 5.76 Å². The standard InChI is InChI=1S/C24H22N2O5/c27-22(25-20-10-8-18(9-11-20)17-5-2-1-3-6-17)16-31-24(29)19-13-23(28)26(14-19)15-21-7-4-12-30-21/h1-12,19H,13-16H2,(H,25,27)/t19-/m1/s1. The van der Waals surface area contributed by atoms with Gasteiger partial charge in [-0.1, -0.05) is 42.5 Å². The summed E-state index contributed by atoms with van der Waals surface area (Å²) < 4.78 is 10.4. The molecule has 0 spiro atoms. The highest BCUT2D eigenvalue weighted by molar-refractivity contribution is 5.94. The van der Waals surface area contributed by atoms with E-state index < -0.39 is 24.4 Å². The van der Waals surface area contributed by atoms with Crippen molar-refractivity contribution >= 4 is 23.5 Å². The third-order valence-corrected chi connectivity index (χ3v) is 5.10. The van der Waals surface area contributed by atoms with Gasteiger partial charge in [-0.05, 0) is 35.4 Å². The number of nitrogens with zero attached hydrogens (tertiary/aromatic N) is 1. The van der Waals surface area contributed by atoms with Gasteiger partial charge >= 0.3 is 5.97 Å². The van der Waals surface area contributed by atoms with Crippen LogP contribution >= 0.6 is 0 Å². The Morgan fingerprint density at radius 3 is 2.45 bits per heavy atom. The summed E-state index contributed by atoms with van der Waals surface area (Å²) in [7, 11) is 0. The van der Waals surface area contributed by atoms with Gasteiger partial charge in [0.05, 0.1) is 18.7 Å². The van der Waals surface area contributed by atoms with Crippen molar-refractivity contribution in [3.8, 4) is 11.1 Å². The minimum Gasteiger partial charge on any atom is -0.467 e. The van der Waals surface area contributed by atoms with Gasteiger partial charge in [-0.15, -0.1) is 0 Å². The first kappa shape index (κ1) is 20.4. The Morgan fingerprint density at radius 1 is 1.00 bits per heavy atom. The molecular weight excluding hydrogens is 396 g/mol. The Hall–Kier alpha value is -3.87. The van der Waals surface area contributed by atoms with Crippen molar-refractivity contribution in [2.75, 3.05) is 18.5 Å². The number of hydrogen-bond acceptors (Lipinski definition) is 5. The molecule has 1 saturated heterocycles. The average molecular weight is 418 g/mol. The number of rotatable bonds is 7. The van der Waals surface area contributed by atoms with E-state index in [0.29, 0.717) is 18.0 Å². The zero-order valence-corrected chi connectivity index (χ0v) is 16.8. The minimum atomic E-state index is -0.583. The fourth-order valence-electron chi connectivity index (χ4n) is 3.50. The van der Waals surface area contributed by atoms with E-state index in [-0.39, 0.29) is 18.9 Å². The van der Waals surface area contributed by atoms with Crippen LogP contribution in [0.25, 0.3) is 11.1 Å². The minimum absolute atomic E-state index is 0.0715. The lowest BCUT2D eigenvalue weighted by Crippen LogP contribution is -2.28. The van der Waals surface area contributed by atoms with Crippen LogP contribution < -0.4 is 5.32 Å². The van der Waals surface area contributed by atoms with Crippen LogP contribution in [0.1, 0.15) is 12.2 Å². The summed E-state index contributed by atoms with van der Waals surface area (Å²) in [5, 5.41) is 2.71. The molecule has 1 N–H and O–H groups in total. The van der Waals surface area contributed by atoms with E-state index in [9.17, 15) is 14.4 Å². The lowest BCUT2D eigenvalue weighted by Gasteiger charge is -2.14. The van der Waals surface area contributed by atoms with E-state index in [4.69, 9.17) is 9.15 Å². The number of anilines is 1. The van der Waals surface area contributed by atoms with Crippen LogP contribution in [0, 0.1) is 5.92 Å². The topological polar surface area (TPSA) is 88.9 Å². The molecule has 0 saturated carbocycles. The maximum absolute atomic E-state index is 12.3. The quantitative estimate of drug-likeness (QED) is 0.594. The largest absolute Gasteiger partial charge is 0.467 e. The second-order valence-corrected chi connectivity index (χ2v) is 7.35. The molecule has 2 heterocycles. The van der Waals surface area contributed by atoms with Crippen LogP contribution in [-0.2, 0) is 25.7 Å². The molecule has 158 valence electrons. The highest BCUT2D eigenvalue weighted by Crippen LogP contribution is 2.22. The maximum atomic E-state index is 12.3. The van der Waals surface area contributed by atoms with E-state index in [1.165, 1.54) is 6.26 Å². The molecule has 1 aliphatic heterocycles. The van der Waals surface area contributed by atoms with Gasteiger partial charge in [0.25, 0.3) is 5.91 Å². The number of carbonyl (C=O) groups excluding carboxylic acids is 3. The predicted octanol–water partition coefficient (Wildman–Crippen LogP) is 3.48. The summed E-state index contributed by atoms with van der Waals surface area (Å²) in [6, 6.07) is 20.8. The molecule has 0 bridgehead atoms. The molecule has 31 heavy (non-hydrogen) atoms. The SMILES string of the molecule is O=C(COC(=O)[C@@H]1CC(=O)N(Cc2ccco2)C1)Nc1ccc(-c2ccccc2)cc1. The Labute approximate surface area is 179 Å². The van der Waals surface area contributed by atoms with Crippen LogP contribution in [0.4, 0.5) is 5.69 Å². The monoisotopic (exact) mass is 418 g/mol. The van der Waals surface area contributed by atoms with Gasteiger partial charge in [-0.2, -0.15) is 0 Å². The Kier molecular flexibility index (Phi) is 6.12. The smallest absolute Gasteiger partial charge is 0.311 e. The highest BCUT2D eigenvalue weighted by atomic mass is 16.5. The molecule has 2 amide bonds. The van der Waals surface area contributed by atoms with Crippen molar-refractivity contribution in [3.05, 3.63) is 78.8 Å². The second kappa shape index (κ2) is 9.30. The first-order chi connectivity index (χ1) is 15.1. The van der Waals surface area contributed by atoms with Crippen LogP contribution in [0.5, 0.6) is 0 Å². The average Bonchev–Trinajstić information content (AvgIpc) is 3.43. The van der Waals surface area contributed by atoms with E-state index in [1.54, 1.807) is 29.2 Å². The van der Waals surface area contributed by atoms with Crippen LogP contribution in [0.2, 0.25) is 0 Å². The van der Waals surface area contributed by atoms with E-state index >= 15 is 0 Å². The summed E-state index contributed by atoms with van der Waals surface area (Å²) in [6.45, 7) is 0.165. The molecule has 0 unspecified atom stereocenters. The van der Waals surface area contributed by atoms with Crippen molar-refractivity contribution in [2.45, 2.75) is 13.0 Å². The van der Waals surface area contributed by atoms with Gasteiger partial charge in [0, 0.05) is 18.7 Å². The number of hydrogen-bond donors (Lipinski definition) is 1. The van der Waals surface area contributed by atoms with E-state index in [0.717, 1.165) is 11.1 Å². The number of benzene rings is 2. The van der Waals surface area contributed by atoms with Crippen molar-refractivity contribution < 1.29 is 23.5 Å². The molecule has 7 nitrogen and oxygen atoms in total. The Balaban J connectivity index is 1.24. The van der Waals surface area contributed by atoms with Crippen LogP contribution in [0.3, 0.4) is 0 Å². The third-order valence-electron chi connectivity index (χ3n) is 5.10. The summed E-state index contributed by atoms with van der Waals surface area (Å²) in [4.78, 5) is 38.1. The molecule has 4 rings (SSSR count). The van der Waals surface area contributed by atoms with Crippen LogP contribution in [0.15, 0.2) is 77.4 Å². The summed E-state index contributed by atoms with van der Waals surface area (Å²) in [6.07, 6.45) is 1.61. The third kappa shape index (κ3) is 5.19. The molecule has 7 heteroatoms. The molecule has 1 atom stereocenters. The lowest BCUT2D eigenvalue weighted by atomic mass is 10.1. The number of furan rings is 1. The number of likely N-dealkylation sites (tertiary alicyclic amines) is 1. The highest BCUT2D eigenvalue weighted by Gasteiger charge is 2.35. The first-order valence-corrected chi connectivity index (χ1v) is 10.0. The molecule has 1 aromatic heterocycles. The van der Waals surface area contributed by atoms with Crippen molar-refractivity contribution in [2.24, 2.45) is 5.92 Å². The van der Waals surface area contributed by atoms with Gasteiger partial charge in [-0.3, -0.25) is 14.4 Å². The fourth-order valence-corrected chi connectivity index (χ4v) is 3.50. The van der Waals surface area contributed by atoms with Gasteiger partial charge < -0.3 is 19.4 Å². The Bertz CT molecular complexity index is 1050. The fraction of sp³-hybridized carbons (Fsp3) is 0.208. The predicted molar refractivity (Wildman–Crippen MR) is 114 cm³/mol. The lowest BCUT2D eigenvalue weighted by molar-refractivity contribution is -0.151. The van der Waals surface area contributed by atoms with E-state index in [2.05, 4.69) is 5.32 Å². The number of nitrogens with one attached hydrogen (secondary N) is 1. The normalized spacial score (nSPS) is 15.7. The summed E-state index contributed by atoms with van der Waals surface area (Å²) in [5.41, 5.74) is 2.73. The Morgan fingerprint density at radius 2 is 1.74 bits per heavy atom. The van der Waals surface area contributed by atoms with Gasteiger partial charge in [-0.25, -0.2) is 0 Å². The molecule has 1 fully saturated rings. The van der Waals surface area contributed by atoms with Gasteiger partial charge in [0.2, 0.25) is 5.91 Å². The molecule has 2 aromatic carbocycles. The molecule has 0 aliphatic carbocycles. The number of carbonyl (C=O) groups is 3. The van der Waals surface area contributed by atoms with E-state index in [1.807, 2.05) is 42.5 Å². The number of ether oxygens (including phenoxy) is 1. The first-order valence-electron chi connectivity index (χ1n) is 10.0. The van der Waals surface area contributed by atoms with Crippen LogP contribution in [-0.4, -0.2) is 35.8 Å². The van der Waals surface area contributed by atoms with Crippen molar-refractivity contribution in [1.29, 1.82) is 0 Å². The summed E-state index contributed by atoms with van der Waals surface area (Å²) >= 11 is 0. The molecular formula is C24H22N2O5. The molecule has 1 aliphatic rings. The molecule has 0 radical (unpaired) electrons. The number of amides is 2. The van der Waals surface area contributed by atoms with Crippen molar-refractivity contribution in [3.63, 3.8) is 0 Å². The molecule has 3 aromatic rings.